The van der Waals surface area contributed by atoms with Gasteiger partial charge in [0, 0.05) is 13.1 Å². The van der Waals surface area contributed by atoms with E-state index >= 15 is 0 Å². The van der Waals surface area contributed by atoms with E-state index in [0.717, 1.165) is 0 Å². The average Bonchev–Trinajstić information content (AvgIpc) is 2.95. The minimum atomic E-state index is -3.59. The van der Waals surface area contributed by atoms with E-state index < -0.39 is 16.0 Å². The molecule has 0 amide bonds. The summed E-state index contributed by atoms with van der Waals surface area (Å²) in [6.45, 7) is 4.15. The molecule has 1 unspecified atom stereocenters. The van der Waals surface area contributed by atoms with E-state index in [2.05, 4.69) is 0 Å². The van der Waals surface area contributed by atoms with Gasteiger partial charge in [-0.1, -0.05) is 0 Å². The third kappa shape index (κ3) is 4.06. The first-order valence-corrected chi connectivity index (χ1v) is 9.14. The van der Waals surface area contributed by atoms with Crippen molar-refractivity contribution < 1.29 is 27.8 Å². The number of sulfonamides is 1. The van der Waals surface area contributed by atoms with Crippen molar-refractivity contribution in [2.45, 2.75) is 25.2 Å². The van der Waals surface area contributed by atoms with Gasteiger partial charge >= 0.3 is 5.97 Å². The number of carbonyl (C=O) groups is 1. The quantitative estimate of drug-likeness (QED) is 0.793. The van der Waals surface area contributed by atoms with Crippen molar-refractivity contribution in [1.29, 1.82) is 0 Å². The van der Waals surface area contributed by atoms with Gasteiger partial charge in [-0.2, -0.15) is 4.31 Å². The van der Waals surface area contributed by atoms with Gasteiger partial charge in [0.15, 0.2) is 0 Å². The number of aliphatic carboxylic acids is 1. The lowest BCUT2D eigenvalue weighted by Gasteiger charge is -2.20. The summed E-state index contributed by atoms with van der Waals surface area (Å²) in [4.78, 5) is 10.8. The fraction of sp³-hybridized carbons (Fsp3) is 0.562. The van der Waals surface area contributed by atoms with Crippen molar-refractivity contribution in [1.82, 2.24) is 4.31 Å². The Balaban J connectivity index is 2.13. The molecule has 24 heavy (non-hydrogen) atoms. The summed E-state index contributed by atoms with van der Waals surface area (Å²) in [6, 6.07) is 3.42. The number of hydrogen-bond acceptors (Lipinski definition) is 5. The molecule has 7 nitrogen and oxygen atoms in total. The number of aryl methyl sites for hydroxylation is 2. The first-order chi connectivity index (χ1) is 11.3. The second-order valence-corrected chi connectivity index (χ2v) is 7.89. The smallest absolute Gasteiger partial charge is 0.329 e. The number of nitrogens with zero attached hydrogens (tertiary/aromatic N) is 1. The molecule has 2 rings (SSSR count). The van der Waals surface area contributed by atoms with Crippen molar-refractivity contribution in [3.05, 3.63) is 23.3 Å². The van der Waals surface area contributed by atoms with Crippen LogP contribution in [0.4, 0.5) is 0 Å². The van der Waals surface area contributed by atoms with E-state index in [1.165, 1.54) is 4.31 Å². The van der Waals surface area contributed by atoms with Gasteiger partial charge in [-0.25, -0.2) is 13.2 Å². The van der Waals surface area contributed by atoms with E-state index in [4.69, 9.17) is 14.6 Å². The van der Waals surface area contributed by atoms with Gasteiger partial charge in [-0.15, -0.1) is 0 Å². The molecule has 134 valence electrons. The summed E-state index contributed by atoms with van der Waals surface area (Å²) in [6.07, 6.45) is 0.660. The molecular weight excluding hydrogens is 334 g/mol. The number of benzene rings is 1. The largest absolute Gasteiger partial charge is 0.497 e. The van der Waals surface area contributed by atoms with Crippen LogP contribution >= 0.6 is 0 Å². The lowest BCUT2D eigenvalue weighted by Crippen LogP contribution is -2.30. The normalized spacial score (nSPS) is 18.7. The molecule has 1 N–H and O–H groups in total. The zero-order chi connectivity index (χ0) is 17.9. The van der Waals surface area contributed by atoms with Crippen molar-refractivity contribution in [3.8, 4) is 5.75 Å². The Morgan fingerprint density at radius 3 is 2.50 bits per heavy atom. The van der Waals surface area contributed by atoms with Crippen LogP contribution in [0.5, 0.6) is 5.75 Å². The van der Waals surface area contributed by atoms with Crippen LogP contribution in [-0.4, -0.2) is 57.2 Å². The predicted molar refractivity (Wildman–Crippen MR) is 87.8 cm³/mol. The average molecular weight is 357 g/mol. The molecule has 0 bridgehead atoms. The zero-order valence-electron chi connectivity index (χ0n) is 14.1. The highest BCUT2D eigenvalue weighted by Crippen LogP contribution is 2.31. The number of rotatable bonds is 7. The maximum Gasteiger partial charge on any atom is 0.329 e. The van der Waals surface area contributed by atoms with E-state index in [0.29, 0.717) is 41.3 Å². The van der Waals surface area contributed by atoms with Crippen molar-refractivity contribution >= 4 is 16.0 Å². The summed E-state index contributed by atoms with van der Waals surface area (Å²) in [5.41, 5.74) is 1.30. The van der Waals surface area contributed by atoms with Crippen LogP contribution in [0.15, 0.2) is 17.0 Å². The number of ether oxygens (including phenoxy) is 2. The van der Waals surface area contributed by atoms with Gasteiger partial charge in [0.2, 0.25) is 10.0 Å². The Morgan fingerprint density at radius 1 is 1.33 bits per heavy atom. The van der Waals surface area contributed by atoms with Gasteiger partial charge < -0.3 is 14.6 Å². The Hall–Kier alpha value is -1.64. The van der Waals surface area contributed by atoms with Crippen LogP contribution in [-0.2, 0) is 19.6 Å². The molecule has 0 radical (unpaired) electrons. The molecule has 8 heteroatoms. The molecule has 1 aromatic carbocycles. The highest BCUT2D eigenvalue weighted by Gasteiger charge is 2.34. The maximum atomic E-state index is 13.0. The number of hydrogen-bond donors (Lipinski definition) is 1. The van der Waals surface area contributed by atoms with Gasteiger partial charge in [0.25, 0.3) is 0 Å². The van der Waals surface area contributed by atoms with E-state index in [9.17, 15) is 13.2 Å². The third-order valence-electron chi connectivity index (χ3n) is 4.10. The molecule has 1 atom stereocenters. The Morgan fingerprint density at radius 2 is 1.96 bits per heavy atom. The fourth-order valence-electron chi connectivity index (χ4n) is 3.03. The third-order valence-corrected chi connectivity index (χ3v) is 6.27. The van der Waals surface area contributed by atoms with Crippen LogP contribution in [0, 0.1) is 19.8 Å². The number of methoxy groups -OCH3 is 1. The fourth-order valence-corrected chi connectivity index (χ4v) is 4.97. The molecule has 1 aliphatic heterocycles. The molecule has 0 aromatic heterocycles. The Bertz CT molecular complexity index is 692. The molecule has 1 saturated heterocycles. The monoisotopic (exact) mass is 357 g/mol. The van der Waals surface area contributed by atoms with Crippen LogP contribution in [0.3, 0.4) is 0 Å². The van der Waals surface area contributed by atoms with Gasteiger partial charge in [0.1, 0.15) is 12.4 Å². The summed E-state index contributed by atoms with van der Waals surface area (Å²) >= 11 is 0. The first-order valence-electron chi connectivity index (χ1n) is 7.70. The maximum absolute atomic E-state index is 13.0. The summed E-state index contributed by atoms with van der Waals surface area (Å²) in [5.74, 6) is -0.384. The lowest BCUT2D eigenvalue weighted by molar-refractivity contribution is -0.142. The van der Waals surface area contributed by atoms with Crippen LogP contribution in [0.2, 0.25) is 0 Å². The van der Waals surface area contributed by atoms with Gasteiger partial charge in [-0.05, 0) is 49.4 Å². The van der Waals surface area contributed by atoms with Crippen LogP contribution < -0.4 is 4.74 Å². The molecule has 1 fully saturated rings. The van der Waals surface area contributed by atoms with E-state index in [1.54, 1.807) is 33.1 Å². The van der Waals surface area contributed by atoms with Crippen molar-refractivity contribution in [3.63, 3.8) is 0 Å². The number of carboxylic acids is 1. The van der Waals surface area contributed by atoms with Crippen LogP contribution in [0.1, 0.15) is 17.5 Å². The summed E-state index contributed by atoms with van der Waals surface area (Å²) in [5, 5.41) is 8.58. The number of carboxylic acid groups (broad SMARTS) is 1. The second-order valence-electron chi connectivity index (χ2n) is 6.02. The minimum Gasteiger partial charge on any atom is -0.497 e. The molecule has 0 aliphatic carbocycles. The highest BCUT2D eigenvalue weighted by molar-refractivity contribution is 7.89. The molecular formula is C16H23NO6S. The highest BCUT2D eigenvalue weighted by atomic mass is 32.2. The minimum absolute atomic E-state index is 0.0120. The predicted octanol–water partition coefficient (Wildman–Crippen LogP) is 1.42. The second kappa shape index (κ2) is 7.50. The van der Waals surface area contributed by atoms with Gasteiger partial charge in [-0.3, -0.25) is 0 Å². The standard InChI is InChI=1S/C16H23NO6S/c1-11-6-14(22-3)7-12(2)16(11)24(20,21)17-5-4-13(8-17)9-23-10-15(18)19/h6-7,13H,4-5,8-10H2,1-3H3,(H,18,19). The molecule has 1 aromatic rings. The lowest BCUT2D eigenvalue weighted by atomic mass is 10.1. The van der Waals surface area contributed by atoms with Gasteiger partial charge in [0.05, 0.1) is 18.6 Å². The molecule has 1 aliphatic rings. The Kier molecular flexibility index (Phi) is 5.84. The summed E-state index contributed by atoms with van der Waals surface area (Å²) in [7, 11) is -2.05. The van der Waals surface area contributed by atoms with Crippen LogP contribution in [0.25, 0.3) is 0 Å². The molecule has 0 saturated carbocycles. The zero-order valence-corrected chi connectivity index (χ0v) is 14.9. The first kappa shape index (κ1) is 18.7. The topological polar surface area (TPSA) is 93.1 Å². The molecule has 1 heterocycles. The van der Waals surface area contributed by atoms with E-state index in [1.807, 2.05) is 0 Å². The summed E-state index contributed by atoms with van der Waals surface area (Å²) < 4.78 is 37.6. The van der Waals surface area contributed by atoms with Crippen molar-refractivity contribution in [2.75, 3.05) is 33.4 Å². The Labute approximate surface area is 142 Å². The van der Waals surface area contributed by atoms with E-state index in [-0.39, 0.29) is 19.1 Å². The molecule has 0 spiro atoms. The van der Waals surface area contributed by atoms with Crippen molar-refractivity contribution in [2.24, 2.45) is 5.92 Å². The SMILES string of the molecule is COc1cc(C)c(S(=O)(=O)N2CCC(COCC(=O)O)C2)c(C)c1.